The quantitative estimate of drug-likeness (QED) is 0.165. The van der Waals surface area contributed by atoms with Crippen LogP contribution in [0.25, 0.3) is 110 Å². The molecule has 3 heteroatoms. The molecule has 0 fully saturated rings. The highest BCUT2D eigenvalue weighted by molar-refractivity contribution is 6.28. The molecule has 0 radical (unpaired) electrons. The third-order valence-corrected chi connectivity index (χ3v) is 16.0. The zero-order valence-corrected chi connectivity index (χ0v) is 38.8. The van der Waals surface area contributed by atoms with Crippen LogP contribution in [0.15, 0.2) is 209 Å². The molecule has 3 nitrogen and oxygen atoms in total. The summed E-state index contributed by atoms with van der Waals surface area (Å²) in [5.41, 5.74) is 18.9. The molecule has 2 aliphatic rings. The lowest BCUT2D eigenvalue weighted by Crippen LogP contribution is -2.18. The number of benzene rings is 11. The largest absolute Gasteiger partial charge is 0.456 e. The van der Waals surface area contributed by atoms with Gasteiger partial charge >= 0.3 is 0 Å². The van der Waals surface area contributed by atoms with E-state index in [4.69, 9.17) is 8.83 Å². The van der Waals surface area contributed by atoms with Crippen molar-refractivity contribution in [2.45, 2.75) is 38.5 Å². The van der Waals surface area contributed by atoms with Crippen molar-refractivity contribution in [2.75, 3.05) is 4.90 Å². The number of hydrogen-bond acceptors (Lipinski definition) is 3. The normalized spacial score (nSPS) is 14.3. The van der Waals surface area contributed by atoms with Crippen LogP contribution in [0, 0.1) is 0 Å². The molecule has 0 aliphatic heterocycles. The van der Waals surface area contributed by atoms with E-state index in [0.717, 1.165) is 72.1 Å². The van der Waals surface area contributed by atoms with Gasteiger partial charge in [0.2, 0.25) is 0 Å². The Morgan fingerprint density at radius 2 is 0.783 bits per heavy atom. The van der Waals surface area contributed by atoms with Gasteiger partial charge in [-0.1, -0.05) is 167 Å². The zero-order chi connectivity index (χ0) is 45.9. The molecule has 0 amide bonds. The standard InChI is InChI=1S/C66H45NO2/c1-65(2)54-22-12-9-19-47(54)49-29-26-40(36-56(49)65)67(41-27-30-50-48-20-10-13-23-55(48)66(3,4)57(50)37-41)58-35-39(34-53-63-61(69-64(53)58)32-31-60-62(63)51-21-11-14-24-59(51)68-60)38-25-28-46-44-17-6-5-15-42(44)43-16-7-8-18-45(43)52(46)33-38/h5-37H,1-4H3. The van der Waals surface area contributed by atoms with Crippen molar-refractivity contribution in [3.8, 4) is 33.4 Å². The Morgan fingerprint density at radius 3 is 1.39 bits per heavy atom. The first-order chi connectivity index (χ1) is 33.7. The second-order valence-electron chi connectivity index (χ2n) is 20.4. The third-order valence-electron chi connectivity index (χ3n) is 16.0. The molecule has 13 aromatic rings. The predicted molar refractivity (Wildman–Crippen MR) is 289 cm³/mol. The van der Waals surface area contributed by atoms with E-state index in [1.54, 1.807) is 0 Å². The number of rotatable bonds is 4. The average molecular weight is 884 g/mol. The van der Waals surface area contributed by atoms with Crippen molar-refractivity contribution in [3.05, 3.63) is 222 Å². The zero-order valence-electron chi connectivity index (χ0n) is 38.8. The van der Waals surface area contributed by atoms with Crippen LogP contribution in [0.2, 0.25) is 0 Å². The minimum absolute atomic E-state index is 0.197. The summed E-state index contributed by atoms with van der Waals surface area (Å²) in [6.45, 7) is 9.47. The minimum Gasteiger partial charge on any atom is -0.456 e. The molecular weight excluding hydrogens is 839 g/mol. The number of para-hydroxylation sites is 1. The number of nitrogens with zero attached hydrogens (tertiary/aromatic N) is 1. The van der Waals surface area contributed by atoms with Crippen molar-refractivity contribution in [1.29, 1.82) is 0 Å². The molecule has 11 aromatic carbocycles. The molecule has 69 heavy (non-hydrogen) atoms. The smallest absolute Gasteiger partial charge is 0.159 e. The van der Waals surface area contributed by atoms with Crippen molar-refractivity contribution >= 4 is 93.3 Å². The SMILES string of the molecule is CC1(C)c2ccccc2-c2ccc(N(c3ccc4c(c3)C(C)(C)c3ccccc3-4)c3cc(-c4ccc5c6ccccc6c6ccccc6c5c4)cc4c3oc3ccc5oc6ccccc6c5c34)cc21. The van der Waals surface area contributed by atoms with Gasteiger partial charge in [0, 0.05) is 43.7 Å². The number of furan rings is 2. The first kappa shape index (κ1) is 38.7. The Labute approximate surface area is 399 Å². The Hall–Kier alpha value is -8.40. The fourth-order valence-corrected chi connectivity index (χ4v) is 12.7. The third kappa shape index (κ3) is 5.22. The second-order valence-corrected chi connectivity index (χ2v) is 20.4. The lowest BCUT2D eigenvalue weighted by Gasteiger charge is -2.30. The number of hydrogen-bond donors (Lipinski definition) is 0. The Kier molecular flexibility index (Phi) is 7.63. The Bertz CT molecular complexity index is 4250. The van der Waals surface area contributed by atoms with Gasteiger partial charge < -0.3 is 13.7 Å². The van der Waals surface area contributed by atoms with Gasteiger partial charge in [-0.25, -0.2) is 0 Å². The summed E-state index contributed by atoms with van der Waals surface area (Å²) in [6, 6.07) is 74.0. The molecule has 0 atom stereocenters. The van der Waals surface area contributed by atoms with Crippen LogP contribution < -0.4 is 4.90 Å². The molecule has 326 valence electrons. The molecule has 0 saturated heterocycles. The van der Waals surface area contributed by atoms with Gasteiger partial charge in [-0.15, -0.1) is 0 Å². The van der Waals surface area contributed by atoms with Crippen LogP contribution in [0.1, 0.15) is 49.9 Å². The summed E-state index contributed by atoms with van der Waals surface area (Å²) in [4.78, 5) is 2.47. The van der Waals surface area contributed by atoms with Gasteiger partial charge in [0.05, 0.1) is 5.69 Å². The Morgan fingerprint density at radius 1 is 0.319 bits per heavy atom. The maximum absolute atomic E-state index is 7.29. The minimum atomic E-state index is -0.197. The summed E-state index contributed by atoms with van der Waals surface area (Å²) in [7, 11) is 0. The van der Waals surface area contributed by atoms with Gasteiger partial charge in [-0.3, -0.25) is 0 Å². The molecule has 0 saturated carbocycles. The monoisotopic (exact) mass is 883 g/mol. The lowest BCUT2D eigenvalue weighted by molar-refractivity contribution is 0.659. The van der Waals surface area contributed by atoms with Gasteiger partial charge in [-0.2, -0.15) is 0 Å². The molecule has 2 aromatic heterocycles. The van der Waals surface area contributed by atoms with Gasteiger partial charge in [0.15, 0.2) is 5.58 Å². The fourth-order valence-electron chi connectivity index (χ4n) is 12.7. The first-order valence-electron chi connectivity index (χ1n) is 24.2. The summed E-state index contributed by atoms with van der Waals surface area (Å²) < 4.78 is 13.8. The van der Waals surface area contributed by atoms with E-state index in [-0.39, 0.29) is 10.8 Å². The predicted octanol–water partition coefficient (Wildman–Crippen LogP) is 18.7. The Balaban J connectivity index is 1.06. The van der Waals surface area contributed by atoms with Crippen LogP contribution in [0.4, 0.5) is 17.1 Å². The van der Waals surface area contributed by atoms with Gasteiger partial charge in [0.25, 0.3) is 0 Å². The van der Waals surface area contributed by atoms with E-state index in [9.17, 15) is 0 Å². The van der Waals surface area contributed by atoms with Crippen LogP contribution in [0.3, 0.4) is 0 Å². The summed E-state index contributed by atoms with van der Waals surface area (Å²) >= 11 is 0. The molecule has 0 unspecified atom stereocenters. The van der Waals surface area contributed by atoms with E-state index >= 15 is 0 Å². The van der Waals surface area contributed by atoms with E-state index in [0.29, 0.717) is 0 Å². The molecule has 15 rings (SSSR count). The molecular formula is C66H45NO2. The summed E-state index contributed by atoms with van der Waals surface area (Å²) in [5, 5.41) is 11.8. The van der Waals surface area contributed by atoms with Crippen LogP contribution in [0.5, 0.6) is 0 Å². The average Bonchev–Trinajstić information content (AvgIpc) is 4.09. The van der Waals surface area contributed by atoms with Gasteiger partial charge in [-0.05, 0) is 149 Å². The topological polar surface area (TPSA) is 29.5 Å². The van der Waals surface area contributed by atoms with Crippen LogP contribution in [-0.2, 0) is 10.8 Å². The lowest BCUT2D eigenvalue weighted by atomic mass is 9.82. The van der Waals surface area contributed by atoms with Crippen LogP contribution in [-0.4, -0.2) is 0 Å². The van der Waals surface area contributed by atoms with Crippen molar-refractivity contribution in [1.82, 2.24) is 0 Å². The highest BCUT2D eigenvalue weighted by Crippen LogP contribution is 2.55. The summed E-state index contributed by atoms with van der Waals surface area (Å²) in [5.74, 6) is 0. The van der Waals surface area contributed by atoms with E-state index < -0.39 is 0 Å². The van der Waals surface area contributed by atoms with Crippen LogP contribution >= 0.6 is 0 Å². The number of anilines is 3. The molecule has 2 aliphatic carbocycles. The van der Waals surface area contributed by atoms with E-state index in [2.05, 4.69) is 227 Å². The fraction of sp³-hybridized carbons (Fsp3) is 0.0909. The van der Waals surface area contributed by atoms with E-state index in [1.165, 1.54) is 76.8 Å². The molecule has 0 spiro atoms. The molecule has 0 bridgehead atoms. The maximum atomic E-state index is 7.29. The van der Waals surface area contributed by atoms with Crippen molar-refractivity contribution in [3.63, 3.8) is 0 Å². The second kappa shape index (κ2) is 13.6. The van der Waals surface area contributed by atoms with Crippen molar-refractivity contribution in [2.24, 2.45) is 0 Å². The van der Waals surface area contributed by atoms with E-state index in [1.807, 2.05) is 6.07 Å². The van der Waals surface area contributed by atoms with Gasteiger partial charge in [0.1, 0.15) is 16.7 Å². The maximum Gasteiger partial charge on any atom is 0.159 e. The first-order valence-corrected chi connectivity index (χ1v) is 24.2. The molecule has 2 heterocycles. The molecule has 0 N–H and O–H groups in total. The number of fused-ring (bicyclic) bond motifs is 19. The highest BCUT2D eigenvalue weighted by Gasteiger charge is 2.38. The highest BCUT2D eigenvalue weighted by atomic mass is 16.3. The van der Waals surface area contributed by atoms with Crippen molar-refractivity contribution < 1.29 is 8.83 Å². The summed E-state index contributed by atoms with van der Waals surface area (Å²) in [6.07, 6.45) is 0.